The summed E-state index contributed by atoms with van der Waals surface area (Å²) in [5.41, 5.74) is 0. The molecule has 0 radical (unpaired) electrons. The van der Waals surface area contributed by atoms with Crippen LogP contribution in [0.2, 0.25) is 0 Å². The molecule has 294 valence electrons. The molecule has 2 aromatic heterocycles. The standard InChI is InChI=1S/C18H39N9.C15H30N6O3/c1-19-10-7-13-25(4)16-22-17(26(5)14-8-11-20-2)24-18(23-16)27(6)15-9-12-21-3;1-16-7-4-10-22-13-19-14(23-11-5-8-17-2)21-15(20-13)24-12-6-9-18-3/h19-21H,7-15H2,1-6H3;16-18H,4-12H2,1-3H3. The lowest BCUT2D eigenvalue weighted by molar-refractivity contribution is 0.230. The fourth-order valence-electron chi connectivity index (χ4n) is 4.39. The van der Waals surface area contributed by atoms with Gasteiger partial charge in [-0.2, -0.15) is 15.0 Å². The minimum Gasteiger partial charge on any atom is -0.463 e. The smallest absolute Gasteiger partial charge is 0.325 e. The minimum atomic E-state index is 0.230. The van der Waals surface area contributed by atoms with E-state index in [1.54, 1.807) is 0 Å². The van der Waals surface area contributed by atoms with Gasteiger partial charge in [0.2, 0.25) is 17.8 Å². The third-order valence-corrected chi connectivity index (χ3v) is 7.37. The summed E-state index contributed by atoms with van der Waals surface area (Å²) in [5, 5.41) is 18.7. The molecule has 2 rings (SSSR count). The van der Waals surface area contributed by atoms with Crippen LogP contribution in [-0.4, -0.2) is 172 Å². The highest BCUT2D eigenvalue weighted by Crippen LogP contribution is 2.18. The SMILES string of the molecule is CNCCCN(C)c1nc(N(C)CCCNC)nc(N(C)CCCNC)n1.CNCCCOc1nc(OCCCNC)nc(OCCCNC)n1. The molecule has 2 heterocycles. The number of hydrogen-bond donors (Lipinski definition) is 6. The Morgan fingerprint density at radius 2 is 0.608 bits per heavy atom. The Balaban J connectivity index is 0.000000514. The van der Waals surface area contributed by atoms with E-state index in [4.69, 9.17) is 29.2 Å². The van der Waals surface area contributed by atoms with Crippen LogP contribution in [-0.2, 0) is 0 Å². The molecule has 0 atom stereocenters. The van der Waals surface area contributed by atoms with E-state index in [1.165, 1.54) is 0 Å². The van der Waals surface area contributed by atoms with Gasteiger partial charge in [-0.15, -0.1) is 15.0 Å². The highest BCUT2D eigenvalue weighted by molar-refractivity contribution is 5.45. The molecule has 0 saturated heterocycles. The average molecular weight is 724 g/mol. The van der Waals surface area contributed by atoms with Gasteiger partial charge in [-0.1, -0.05) is 0 Å². The molecule has 51 heavy (non-hydrogen) atoms. The van der Waals surface area contributed by atoms with Crippen LogP contribution in [0, 0.1) is 0 Å². The van der Waals surface area contributed by atoms with Crippen molar-refractivity contribution in [2.24, 2.45) is 0 Å². The molecule has 0 aliphatic carbocycles. The van der Waals surface area contributed by atoms with Crippen LogP contribution in [0.15, 0.2) is 0 Å². The van der Waals surface area contributed by atoms with Gasteiger partial charge in [-0.25, -0.2) is 0 Å². The van der Waals surface area contributed by atoms with E-state index in [1.807, 2.05) is 63.4 Å². The molecule has 0 bridgehead atoms. The van der Waals surface area contributed by atoms with Gasteiger partial charge in [0.15, 0.2) is 0 Å². The fourth-order valence-corrected chi connectivity index (χ4v) is 4.39. The van der Waals surface area contributed by atoms with Gasteiger partial charge in [0, 0.05) is 40.8 Å². The van der Waals surface area contributed by atoms with Gasteiger partial charge in [-0.3, -0.25) is 0 Å². The van der Waals surface area contributed by atoms with Crippen LogP contribution in [0.3, 0.4) is 0 Å². The lowest BCUT2D eigenvalue weighted by Gasteiger charge is -2.24. The fraction of sp³-hybridized carbons (Fsp3) is 0.818. The van der Waals surface area contributed by atoms with Crippen molar-refractivity contribution in [3.05, 3.63) is 0 Å². The lowest BCUT2D eigenvalue weighted by Crippen LogP contribution is -2.30. The first-order chi connectivity index (χ1) is 24.8. The molecular formula is C33H69N15O3. The first kappa shape index (κ1) is 45.6. The first-order valence-electron chi connectivity index (χ1n) is 18.2. The molecule has 0 amide bonds. The molecule has 0 aromatic carbocycles. The van der Waals surface area contributed by atoms with Crippen LogP contribution < -0.4 is 60.8 Å². The largest absolute Gasteiger partial charge is 0.463 e. The normalized spacial score (nSPS) is 10.8. The summed E-state index contributed by atoms with van der Waals surface area (Å²) in [6.45, 7) is 9.78. The molecule has 0 aliphatic heterocycles. The number of aromatic nitrogens is 6. The van der Waals surface area contributed by atoms with Gasteiger partial charge in [0.25, 0.3) is 0 Å². The maximum atomic E-state index is 5.56. The van der Waals surface area contributed by atoms with Crippen molar-refractivity contribution in [2.75, 3.05) is 157 Å². The molecule has 18 nitrogen and oxygen atoms in total. The minimum absolute atomic E-state index is 0.230. The van der Waals surface area contributed by atoms with Crippen molar-refractivity contribution < 1.29 is 14.2 Å². The van der Waals surface area contributed by atoms with E-state index < -0.39 is 0 Å². The third kappa shape index (κ3) is 21.5. The molecular weight excluding hydrogens is 654 g/mol. The van der Waals surface area contributed by atoms with Gasteiger partial charge in [-0.05, 0) is 120 Å². The summed E-state index contributed by atoms with van der Waals surface area (Å²) < 4.78 is 16.7. The number of hydrogen-bond acceptors (Lipinski definition) is 18. The van der Waals surface area contributed by atoms with Crippen molar-refractivity contribution >= 4 is 17.8 Å². The zero-order valence-electron chi connectivity index (χ0n) is 33.0. The predicted octanol–water partition coefficient (Wildman–Crippen LogP) is -0.155. The second-order valence-corrected chi connectivity index (χ2v) is 12.0. The van der Waals surface area contributed by atoms with Crippen molar-refractivity contribution in [1.29, 1.82) is 0 Å². The van der Waals surface area contributed by atoms with Crippen molar-refractivity contribution in [2.45, 2.75) is 38.5 Å². The van der Waals surface area contributed by atoms with Crippen LogP contribution >= 0.6 is 0 Å². The zero-order chi connectivity index (χ0) is 37.5. The van der Waals surface area contributed by atoms with Crippen LogP contribution in [0.4, 0.5) is 17.8 Å². The Bertz CT molecular complexity index is 963. The average Bonchev–Trinajstić information content (AvgIpc) is 3.14. The van der Waals surface area contributed by atoms with E-state index in [9.17, 15) is 0 Å². The molecule has 0 fully saturated rings. The number of anilines is 3. The number of nitrogens with zero attached hydrogens (tertiary/aromatic N) is 9. The van der Waals surface area contributed by atoms with E-state index >= 15 is 0 Å². The summed E-state index contributed by atoms with van der Waals surface area (Å²) in [4.78, 5) is 33.0. The Hall–Kier alpha value is -3.42. The molecule has 2 aromatic rings. The van der Waals surface area contributed by atoms with E-state index in [0.717, 1.165) is 115 Å². The predicted molar refractivity (Wildman–Crippen MR) is 207 cm³/mol. The highest BCUT2D eigenvalue weighted by Gasteiger charge is 2.16. The van der Waals surface area contributed by atoms with Crippen molar-refractivity contribution in [3.8, 4) is 18.0 Å². The molecule has 0 unspecified atom stereocenters. The number of ether oxygens (including phenoxy) is 3. The molecule has 0 spiro atoms. The van der Waals surface area contributed by atoms with E-state index in [-0.39, 0.29) is 18.0 Å². The Morgan fingerprint density at radius 3 is 0.843 bits per heavy atom. The monoisotopic (exact) mass is 724 g/mol. The molecule has 0 saturated carbocycles. The van der Waals surface area contributed by atoms with Crippen LogP contribution in [0.1, 0.15) is 38.5 Å². The summed E-state index contributed by atoms with van der Waals surface area (Å²) >= 11 is 0. The van der Waals surface area contributed by atoms with Gasteiger partial charge in [0.05, 0.1) is 19.8 Å². The molecule has 6 N–H and O–H groups in total. The van der Waals surface area contributed by atoms with E-state index in [0.29, 0.717) is 19.8 Å². The van der Waals surface area contributed by atoms with E-state index in [2.05, 4.69) is 61.6 Å². The highest BCUT2D eigenvalue weighted by atomic mass is 16.5. The van der Waals surface area contributed by atoms with Gasteiger partial charge >= 0.3 is 18.0 Å². The second-order valence-electron chi connectivity index (χ2n) is 12.0. The van der Waals surface area contributed by atoms with Crippen LogP contribution in [0.25, 0.3) is 0 Å². The maximum Gasteiger partial charge on any atom is 0.325 e. The zero-order valence-corrected chi connectivity index (χ0v) is 33.0. The lowest BCUT2D eigenvalue weighted by atomic mass is 10.4. The van der Waals surface area contributed by atoms with Crippen molar-refractivity contribution in [3.63, 3.8) is 0 Å². The summed E-state index contributed by atoms with van der Waals surface area (Å²) in [6, 6.07) is 0.690. The van der Waals surface area contributed by atoms with Crippen LogP contribution in [0.5, 0.6) is 18.0 Å². The quantitative estimate of drug-likeness (QED) is 0.0584. The Labute approximate surface area is 307 Å². The van der Waals surface area contributed by atoms with Gasteiger partial charge < -0.3 is 60.8 Å². The second kappa shape index (κ2) is 30.2. The Morgan fingerprint density at radius 1 is 0.373 bits per heavy atom. The number of nitrogens with one attached hydrogen (secondary N) is 6. The van der Waals surface area contributed by atoms with Gasteiger partial charge in [0.1, 0.15) is 0 Å². The topological polar surface area (TPSA) is 187 Å². The molecule has 0 aliphatic rings. The summed E-state index contributed by atoms with van der Waals surface area (Å²) in [5.74, 6) is 2.19. The third-order valence-electron chi connectivity index (χ3n) is 7.37. The summed E-state index contributed by atoms with van der Waals surface area (Å²) in [6.07, 6.45) is 5.70. The first-order valence-corrected chi connectivity index (χ1v) is 18.2. The maximum absolute atomic E-state index is 5.56. The number of rotatable bonds is 30. The Kier molecular flexibility index (Phi) is 27.0. The molecule has 18 heteroatoms. The van der Waals surface area contributed by atoms with Crippen molar-refractivity contribution in [1.82, 2.24) is 61.8 Å². The summed E-state index contributed by atoms with van der Waals surface area (Å²) in [7, 11) is 17.7.